The van der Waals surface area contributed by atoms with Gasteiger partial charge in [-0.05, 0) is 63.4 Å². The number of ether oxygens (including phenoxy) is 1. The zero-order valence-electron chi connectivity index (χ0n) is 10.7. The van der Waals surface area contributed by atoms with Gasteiger partial charge in [-0.3, -0.25) is 0 Å². The van der Waals surface area contributed by atoms with E-state index in [9.17, 15) is 4.79 Å². The molecule has 17 heavy (non-hydrogen) atoms. The summed E-state index contributed by atoms with van der Waals surface area (Å²) >= 11 is 0. The third-order valence-electron chi connectivity index (χ3n) is 4.63. The molecule has 0 aliphatic heterocycles. The van der Waals surface area contributed by atoms with Gasteiger partial charge in [0.2, 0.25) is 0 Å². The molecule has 0 amide bonds. The first kappa shape index (κ1) is 11.1. The Kier molecular flexibility index (Phi) is 2.26. The first-order chi connectivity index (χ1) is 7.97. The molecule has 0 heterocycles. The predicted octanol–water partition coefficient (Wildman–Crippen LogP) is 3.24. The molecule has 4 unspecified atom stereocenters. The van der Waals surface area contributed by atoms with Gasteiger partial charge in [0, 0.05) is 5.57 Å². The van der Waals surface area contributed by atoms with E-state index in [1.807, 2.05) is 0 Å². The molecule has 3 aliphatic rings. The molecule has 0 aromatic rings. The van der Waals surface area contributed by atoms with Crippen LogP contribution in [0.25, 0.3) is 0 Å². The number of allylic oxidation sites excluding steroid dienone is 1. The SMILES string of the molecule is C=C(C)C(=O)OC1(C)C=C2CC3CC(CC23)C1. The molecule has 3 rings (SSSR count). The van der Waals surface area contributed by atoms with E-state index in [0.29, 0.717) is 5.57 Å². The number of rotatable bonds is 2. The van der Waals surface area contributed by atoms with E-state index in [2.05, 4.69) is 19.6 Å². The maximum atomic E-state index is 11.7. The summed E-state index contributed by atoms with van der Waals surface area (Å²) in [4.78, 5) is 11.7. The molecule has 0 radical (unpaired) electrons. The van der Waals surface area contributed by atoms with Crippen LogP contribution >= 0.6 is 0 Å². The van der Waals surface area contributed by atoms with Gasteiger partial charge in [0.05, 0.1) is 0 Å². The molecule has 2 bridgehead atoms. The van der Waals surface area contributed by atoms with Crippen LogP contribution in [0.3, 0.4) is 0 Å². The van der Waals surface area contributed by atoms with Gasteiger partial charge in [-0.15, -0.1) is 0 Å². The van der Waals surface area contributed by atoms with Crippen LogP contribution in [0.2, 0.25) is 0 Å². The summed E-state index contributed by atoms with van der Waals surface area (Å²) in [5.41, 5.74) is 1.63. The highest BCUT2D eigenvalue weighted by atomic mass is 16.6. The van der Waals surface area contributed by atoms with E-state index in [-0.39, 0.29) is 5.97 Å². The summed E-state index contributed by atoms with van der Waals surface area (Å²) in [6.45, 7) is 7.42. The van der Waals surface area contributed by atoms with E-state index in [4.69, 9.17) is 4.74 Å². The number of hydrogen-bond donors (Lipinski definition) is 0. The lowest BCUT2D eigenvalue weighted by atomic mass is 9.70. The molecule has 2 fully saturated rings. The van der Waals surface area contributed by atoms with Crippen molar-refractivity contribution in [3.8, 4) is 0 Å². The van der Waals surface area contributed by atoms with Crippen molar-refractivity contribution in [3.05, 3.63) is 23.8 Å². The summed E-state index contributed by atoms with van der Waals surface area (Å²) in [5.74, 6) is 2.24. The van der Waals surface area contributed by atoms with E-state index in [1.165, 1.54) is 24.8 Å². The third kappa shape index (κ3) is 1.74. The van der Waals surface area contributed by atoms with E-state index in [0.717, 1.165) is 24.2 Å². The zero-order valence-corrected chi connectivity index (χ0v) is 10.7. The monoisotopic (exact) mass is 232 g/mol. The van der Waals surface area contributed by atoms with Crippen molar-refractivity contribution in [2.45, 2.75) is 45.1 Å². The summed E-state index contributed by atoms with van der Waals surface area (Å²) in [6, 6.07) is 0. The average molecular weight is 232 g/mol. The highest BCUT2D eigenvalue weighted by Crippen LogP contribution is 2.57. The standard InChI is InChI=1S/C15H20O2/c1-9(2)14(16)17-15(3)7-10-4-11-6-12(8-15)13(11)5-10/h8,10-11,13H,1,4-7H2,2-3H3. The molecule has 2 nitrogen and oxygen atoms in total. The number of fused-ring (bicyclic) bond motifs is 1. The van der Waals surface area contributed by atoms with Crippen LogP contribution in [-0.2, 0) is 9.53 Å². The Morgan fingerprint density at radius 2 is 2.29 bits per heavy atom. The first-order valence-corrected chi connectivity index (χ1v) is 6.57. The zero-order chi connectivity index (χ0) is 12.2. The Morgan fingerprint density at radius 3 is 3.00 bits per heavy atom. The Bertz CT molecular complexity index is 421. The van der Waals surface area contributed by atoms with E-state index in [1.54, 1.807) is 6.92 Å². The van der Waals surface area contributed by atoms with Gasteiger partial charge in [-0.2, -0.15) is 0 Å². The van der Waals surface area contributed by atoms with E-state index >= 15 is 0 Å². The summed E-state index contributed by atoms with van der Waals surface area (Å²) in [6.07, 6.45) is 7.11. The van der Waals surface area contributed by atoms with Crippen LogP contribution in [0.15, 0.2) is 23.8 Å². The van der Waals surface area contributed by atoms with Gasteiger partial charge in [0.15, 0.2) is 0 Å². The Labute approximate surface area is 103 Å². The van der Waals surface area contributed by atoms with Crippen molar-refractivity contribution in [2.75, 3.05) is 0 Å². The fourth-order valence-electron chi connectivity index (χ4n) is 3.94. The van der Waals surface area contributed by atoms with Gasteiger partial charge in [-0.1, -0.05) is 12.2 Å². The second-order valence-electron chi connectivity index (χ2n) is 6.31. The quantitative estimate of drug-likeness (QED) is 0.415. The fraction of sp³-hybridized carbons (Fsp3) is 0.667. The molecule has 0 aromatic heterocycles. The molecule has 0 N–H and O–H groups in total. The molecule has 4 atom stereocenters. The van der Waals surface area contributed by atoms with Crippen LogP contribution in [0.5, 0.6) is 0 Å². The van der Waals surface area contributed by atoms with Crippen molar-refractivity contribution in [1.82, 2.24) is 0 Å². The predicted molar refractivity (Wildman–Crippen MR) is 66.3 cm³/mol. The van der Waals surface area contributed by atoms with Gasteiger partial charge in [0.25, 0.3) is 0 Å². The van der Waals surface area contributed by atoms with Crippen LogP contribution < -0.4 is 0 Å². The summed E-state index contributed by atoms with van der Waals surface area (Å²) in [5, 5.41) is 0. The topological polar surface area (TPSA) is 26.3 Å². The van der Waals surface area contributed by atoms with Crippen molar-refractivity contribution in [2.24, 2.45) is 17.8 Å². The lowest BCUT2D eigenvalue weighted by Gasteiger charge is -2.38. The minimum atomic E-state index is -0.393. The number of carbonyl (C=O) groups is 1. The molecule has 2 heteroatoms. The highest BCUT2D eigenvalue weighted by Gasteiger charge is 2.49. The van der Waals surface area contributed by atoms with Gasteiger partial charge in [-0.25, -0.2) is 4.79 Å². The first-order valence-electron chi connectivity index (χ1n) is 6.57. The second kappa shape index (κ2) is 3.47. The molecule has 0 aromatic carbocycles. The minimum Gasteiger partial charge on any atom is -0.452 e. The molecule has 2 saturated carbocycles. The van der Waals surface area contributed by atoms with Crippen LogP contribution in [0.4, 0.5) is 0 Å². The molecule has 3 aliphatic carbocycles. The van der Waals surface area contributed by atoms with E-state index < -0.39 is 5.60 Å². The lowest BCUT2D eigenvalue weighted by molar-refractivity contribution is -0.150. The molecule has 0 saturated heterocycles. The van der Waals surface area contributed by atoms with Crippen molar-refractivity contribution >= 4 is 5.97 Å². The Hall–Kier alpha value is -1.05. The van der Waals surface area contributed by atoms with Crippen molar-refractivity contribution < 1.29 is 9.53 Å². The maximum absolute atomic E-state index is 11.7. The Balaban J connectivity index is 1.83. The summed E-state index contributed by atoms with van der Waals surface area (Å²) < 4.78 is 5.65. The largest absolute Gasteiger partial charge is 0.452 e. The van der Waals surface area contributed by atoms with Crippen LogP contribution in [-0.4, -0.2) is 11.6 Å². The number of esters is 1. The smallest absolute Gasteiger partial charge is 0.333 e. The molecular weight excluding hydrogens is 212 g/mol. The minimum absolute atomic E-state index is 0.252. The highest BCUT2D eigenvalue weighted by molar-refractivity contribution is 5.87. The molecule has 92 valence electrons. The third-order valence-corrected chi connectivity index (χ3v) is 4.63. The Morgan fingerprint density at radius 1 is 1.53 bits per heavy atom. The number of hydrogen-bond acceptors (Lipinski definition) is 2. The average Bonchev–Trinajstić information content (AvgIpc) is 2.45. The van der Waals surface area contributed by atoms with Crippen molar-refractivity contribution in [3.63, 3.8) is 0 Å². The van der Waals surface area contributed by atoms with Crippen LogP contribution in [0.1, 0.15) is 39.5 Å². The molecule has 0 spiro atoms. The fourth-order valence-corrected chi connectivity index (χ4v) is 3.94. The lowest BCUT2D eigenvalue weighted by Crippen LogP contribution is -2.35. The van der Waals surface area contributed by atoms with Gasteiger partial charge >= 0.3 is 5.97 Å². The van der Waals surface area contributed by atoms with Gasteiger partial charge in [0.1, 0.15) is 5.60 Å². The second-order valence-corrected chi connectivity index (χ2v) is 6.31. The summed E-state index contributed by atoms with van der Waals surface area (Å²) in [7, 11) is 0. The maximum Gasteiger partial charge on any atom is 0.333 e. The van der Waals surface area contributed by atoms with Crippen LogP contribution in [0, 0.1) is 17.8 Å². The normalized spacial score (nSPS) is 42.2. The van der Waals surface area contributed by atoms with Gasteiger partial charge < -0.3 is 4.74 Å². The number of carbonyl (C=O) groups excluding carboxylic acids is 1. The van der Waals surface area contributed by atoms with Crippen molar-refractivity contribution in [1.29, 1.82) is 0 Å². The molecular formula is C15H20O2.